The molecule has 6 nitrogen and oxygen atoms in total. The Labute approximate surface area is 178 Å². The van der Waals surface area contributed by atoms with Crippen molar-refractivity contribution in [2.45, 2.75) is 38.5 Å². The molecular formula is C24H31N3O3. The molecule has 0 saturated heterocycles. The zero-order valence-electron chi connectivity index (χ0n) is 18.0. The smallest absolute Gasteiger partial charge is 0.225 e. The van der Waals surface area contributed by atoms with Crippen molar-refractivity contribution in [1.82, 2.24) is 14.9 Å². The number of hydrogen-bond acceptors (Lipinski definition) is 5. The first-order valence-corrected chi connectivity index (χ1v) is 11.0. The maximum absolute atomic E-state index is 12.9. The molecule has 1 heterocycles. The van der Waals surface area contributed by atoms with Gasteiger partial charge in [-0.3, -0.25) is 4.79 Å². The van der Waals surface area contributed by atoms with Crippen molar-refractivity contribution >= 4 is 5.91 Å². The lowest BCUT2D eigenvalue weighted by Crippen LogP contribution is -2.35. The summed E-state index contributed by atoms with van der Waals surface area (Å²) in [7, 11) is 3.52. The van der Waals surface area contributed by atoms with E-state index in [1.54, 1.807) is 12.0 Å². The van der Waals surface area contributed by atoms with E-state index < -0.39 is 0 Å². The summed E-state index contributed by atoms with van der Waals surface area (Å²) >= 11 is 0. The number of rotatable bonds is 8. The van der Waals surface area contributed by atoms with Crippen LogP contribution in [0.5, 0.6) is 5.88 Å². The van der Waals surface area contributed by atoms with Crippen molar-refractivity contribution in [3.8, 4) is 17.3 Å². The van der Waals surface area contributed by atoms with Gasteiger partial charge in [-0.1, -0.05) is 30.3 Å². The highest BCUT2D eigenvalue weighted by atomic mass is 16.5. The van der Waals surface area contributed by atoms with Gasteiger partial charge < -0.3 is 14.4 Å². The molecule has 4 rings (SSSR count). The van der Waals surface area contributed by atoms with Gasteiger partial charge in [-0.05, 0) is 44.4 Å². The van der Waals surface area contributed by atoms with E-state index in [1.807, 2.05) is 37.4 Å². The van der Waals surface area contributed by atoms with Gasteiger partial charge in [-0.15, -0.1) is 0 Å². The SMILES string of the molecule is COCCN(C)C(=O)C1CCc2nc(-c3ccccc3)nc(OCC3CC3)c2CC1. The van der Waals surface area contributed by atoms with Crippen LogP contribution in [-0.2, 0) is 22.4 Å². The van der Waals surface area contributed by atoms with Crippen LogP contribution in [0.2, 0.25) is 0 Å². The highest BCUT2D eigenvalue weighted by Crippen LogP contribution is 2.34. The highest BCUT2D eigenvalue weighted by Gasteiger charge is 2.29. The quantitative estimate of drug-likeness (QED) is 0.624. The summed E-state index contributed by atoms with van der Waals surface area (Å²) in [5.41, 5.74) is 3.11. The molecule has 0 aliphatic heterocycles. The van der Waals surface area contributed by atoms with Gasteiger partial charge in [-0.2, -0.15) is 4.98 Å². The van der Waals surface area contributed by atoms with Gasteiger partial charge in [0.05, 0.1) is 18.9 Å². The van der Waals surface area contributed by atoms with Crippen molar-refractivity contribution in [2.24, 2.45) is 11.8 Å². The fourth-order valence-electron chi connectivity index (χ4n) is 3.95. The third-order valence-corrected chi connectivity index (χ3v) is 6.07. The van der Waals surface area contributed by atoms with E-state index in [4.69, 9.17) is 19.4 Å². The molecule has 0 bridgehead atoms. The number of benzene rings is 1. The van der Waals surface area contributed by atoms with E-state index in [-0.39, 0.29) is 11.8 Å². The van der Waals surface area contributed by atoms with Crippen molar-refractivity contribution < 1.29 is 14.3 Å². The van der Waals surface area contributed by atoms with Gasteiger partial charge in [0, 0.05) is 37.7 Å². The Morgan fingerprint density at radius 2 is 1.87 bits per heavy atom. The number of carbonyl (C=O) groups is 1. The highest BCUT2D eigenvalue weighted by molar-refractivity contribution is 5.78. The number of fused-ring (bicyclic) bond motifs is 1. The summed E-state index contributed by atoms with van der Waals surface area (Å²) in [4.78, 5) is 24.4. The first-order chi connectivity index (χ1) is 14.7. The first kappa shape index (κ1) is 20.8. The van der Waals surface area contributed by atoms with E-state index >= 15 is 0 Å². The Balaban J connectivity index is 1.56. The lowest BCUT2D eigenvalue weighted by Gasteiger charge is -2.22. The Morgan fingerprint density at radius 1 is 1.10 bits per heavy atom. The van der Waals surface area contributed by atoms with E-state index in [2.05, 4.69) is 0 Å². The predicted octanol–water partition coefficient (Wildman–Crippen LogP) is 3.53. The maximum Gasteiger partial charge on any atom is 0.225 e. The number of aromatic nitrogens is 2. The molecule has 1 aromatic carbocycles. The number of amides is 1. The Morgan fingerprint density at radius 3 is 2.60 bits per heavy atom. The van der Waals surface area contributed by atoms with Gasteiger partial charge in [0.25, 0.3) is 0 Å². The molecule has 2 aliphatic rings. The van der Waals surface area contributed by atoms with Gasteiger partial charge in [0.1, 0.15) is 0 Å². The van der Waals surface area contributed by atoms with Crippen LogP contribution in [0, 0.1) is 11.8 Å². The molecule has 6 heteroatoms. The summed E-state index contributed by atoms with van der Waals surface area (Å²) < 4.78 is 11.3. The molecule has 0 N–H and O–H groups in total. The monoisotopic (exact) mass is 409 g/mol. The fourth-order valence-corrected chi connectivity index (χ4v) is 3.95. The lowest BCUT2D eigenvalue weighted by molar-refractivity contribution is -0.135. The van der Waals surface area contributed by atoms with E-state index in [1.165, 1.54) is 12.8 Å². The molecule has 1 unspecified atom stereocenters. The molecule has 30 heavy (non-hydrogen) atoms. The summed E-state index contributed by atoms with van der Waals surface area (Å²) in [6.07, 6.45) is 5.63. The van der Waals surface area contributed by atoms with Gasteiger partial charge in [0.2, 0.25) is 11.8 Å². The second kappa shape index (κ2) is 9.56. The molecule has 1 amide bonds. The van der Waals surface area contributed by atoms with Crippen molar-refractivity contribution in [2.75, 3.05) is 33.9 Å². The Hall–Kier alpha value is -2.47. The summed E-state index contributed by atoms with van der Waals surface area (Å²) in [5.74, 6) is 2.27. The molecular weight excluding hydrogens is 378 g/mol. The number of aryl methyl sites for hydroxylation is 1. The number of methoxy groups -OCH3 is 1. The number of ether oxygens (including phenoxy) is 2. The van der Waals surface area contributed by atoms with Gasteiger partial charge >= 0.3 is 0 Å². The molecule has 0 spiro atoms. The van der Waals surface area contributed by atoms with Crippen LogP contribution < -0.4 is 4.74 Å². The van der Waals surface area contributed by atoms with Crippen molar-refractivity contribution in [1.29, 1.82) is 0 Å². The summed E-state index contributed by atoms with van der Waals surface area (Å²) in [6.45, 7) is 1.90. The minimum Gasteiger partial charge on any atom is -0.477 e. The average Bonchev–Trinajstić information content (AvgIpc) is 3.62. The molecule has 160 valence electrons. The lowest BCUT2D eigenvalue weighted by atomic mass is 9.98. The summed E-state index contributed by atoms with van der Waals surface area (Å²) in [6, 6.07) is 10.0. The third-order valence-electron chi connectivity index (χ3n) is 6.07. The zero-order chi connectivity index (χ0) is 20.9. The number of hydrogen-bond donors (Lipinski definition) is 0. The molecule has 1 aromatic heterocycles. The van der Waals surface area contributed by atoms with Crippen LogP contribution in [0.4, 0.5) is 0 Å². The fraction of sp³-hybridized carbons (Fsp3) is 0.542. The van der Waals surface area contributed by atoms with Crippen LogP contribution in [-0.4, -0.2) is 54.7 Å². The summed E-state index contributed by atoms with van der Waals surface area (Å²) in [5, 5.41) is 0. The normalized spacial score (nSPS) is 18.4. The van der Waals surface area contributed by atoms with Crippen LogP contribution >= 0.6 is 0 Å². The van der Waals surface area contributed by atoms with E-state index in [0.29, 0.717) is 30.8 Å². The van der Waals surface area contributed by atoms with Crippen molar-refractivity contribution in [3.63, 3.8) is 0 Å². The number of likely N-dealkylation sites (N-methyl/N-ethyl adjacent to an activating group) is 1. The second-order valence-corrected chi connectivity index (χ2v) is 8.42. The Bertz CT molecular complexity index is 867. The largest absolute Gasteiger partial charge is 0.477 e. The van der Waals surface area contributed by atoms with Gasteiger partial charge in [0.15, 0.2) is 5.82 Å². The predicted molar refractivity (Wildman–Crippen MR) is 115 cm³/mol. The topological polar surface area (TPSA) is 64.5 Å². The van der Waals surface area contributed by atoms with Crippen LogP contribution in [0.15, 0.2) is 30.3 Å². The number of carbonyl (C=O) groups excluding carboxylic acids is 1. The van der Waals surface area contributed by atoms with E-state index in [0.717, 1.165) is 49.1 Å². The van der Waals surface area contributed by atoms with Gasteiger partial charge in [-0.25, -0.2) is 4.98 Å². The van der Waals surface area contributed by atoms with Crippen LogP contribution in [0.3, 0.4) is 0 Å². The van der Waals surface area contributed by atoms with Crippen LogP contribution in [0.1, 0.15) is 36.9 Å². The second-order valence-electron chi connectivity index (χ2n) is 8.42. The minimum atomic E-state index is -0.00230. The van der Waals surface area contributed by atoms with E-state index in [9.17, 15) is 4.79 Å². The first-order valence-electron chi connectivity index (χ1n) is 11.0. The average molecular weight is 410 g/mol. The maximum atomic E-state index is 12.9. The van der Waals surface area contributed by atoms with Crippen LogP contribution in [0.25, 0.3) is 11.4 Å². The molecule has 2 aliphatic carbocycles. The molecule has 0 radical (unpaired) electrons. The molecule has 1 saturated carbocycles. The minimum absolute atomic E-state index is 0.00230. The Kier molecular flexibility index (Phi) is 6.62. The molecule has 1 fully saturated rings. The number of nitrogens with zero attached hydrogens (tertiary/aromatic N) is 3. The standard InChI is InChI=1S/C24H31N3O3/c1-27(14-15-29-2)24(28)19-10-12-20-21(13-11-19)25-22(18-6-4-3-5-7-18)26-23(20)30-16-17-8-9-17/h3-7,17,19H,8-16H2,1-2H3. The third kappa shape index (κ3) is 4.98. The zero-order valence-corrected chi connectivity index (χ0v) is 18.0. The molecule has 2 aromatic rings. The molecule has 1 atom stereocenters. The van der Waals surface area contributed by atoms with Crippen molar-refractivity contribution in [3.05, 3.63) is 41.6 Å².